The van der Waals surface area contributed by atoms with Crippen molar-refractivity contribution in [1.82, 2.24) is 19.7 Å². The van der Waals surface area contributed by atoms with Crippen molar-refractivity contribution >= 4 is 5.91 Å². The molecule has 136 valence electrons. The lowest BCUT2D eigenvalue weighted by atomic mass is 9.98. The molecule has 2 aromatic rings. The molecule has 3 heterocycles. The highest BCUT2D eigenvalue weighted by atomic mass is 16.5. The topological polar surface area (TPSA) is 61.1 Å². The fraction of sp³-hybridized carbons (Fsp3) is 0.579. The van der Waals surface area contributed by atoms with E-state index in [4.69, 9.17) is 4.74 Å². The molecule has 0 radical (unpaired) electrons. The van der Waals surface area contributed by atoms with E-state index in [1.807, 2.05) is 36.1 Å². The lowest BCUT2D eigenvalue weighted by Crippen LogP contribution is -2.31. The Balaban J connectivity index is 1.65. The molecule has 25 heavy (non-hydrogen) atoms. The minimum Gasteiger partial charge on any atom is -0.372 e. The number of rotatable bonds is 6. The second-order valence-corrected chi connectivity index (χ2v) is 6.94. The van der Waals surface area contributed by atoms with Crippen molar-refractivity contribution < 1.29 is 9.53 Å². The summed E-state index contributed by atoms with van der Waals surface area (Å²) in [5.41, 5.74) is 2.86. The van der Waals surface area contributed by atoms with E-state index in [9.17, 15) is 4.79 Å². The van der Waals surface area contributed by atoms with Crippen LogP contribution in [0.15, 0.2) is 24.5 Å². The second-order valence-electron chi connectivity index (χ2n) is 6.94. The molecule has 6 nitrogen and oxygen atoms in total. The predicted molar refractivity (Wildman–Crippen MR) is 96.6 cm³/mol. The van der Waals surface area contributed by atoms with Gasteiger partial charge in [-0.1, -0.05) is 0 Å². The van der Waals surface area contributed by atoms with Gasteiger partial charge in [0.2, 0.25) is 0 Å². The van der Waals surface area contributed by atoms with Crippen molar-refractivity contribution in [3.63, 3.8) is 0 Å². The monoisotopic (exact) mass is 344 g/mol. The normalized spacial score (nSPS) is 20.4. The zero-order chi connectivity index (χ0) is 18.0. The standard InChI is InChI=1S/C19H28N4O2/c1-5-23-17(6-9-21-23)18-15(8-11-25-18)12-20-19(24)16-7-10-22(13(2)3)14(16)4/h6-7,9-10,13,15,18H,5,8,11-12H2,1-4H3,(H,20,24)/t15-,18+/m0/s1. The van der Waals surface area contributed by atoms with Crippen LogP contribution in [0.5, 0.6) is 0 Å². The molecule has 3 rings (SSSR count). The van der Waals surface area contributed by atoms with Crippen LogP contribution in [0.2, 0.25) is 0 Å². The number of nitrogens with zero attached hydrogens (tertiary/aromatic N) is 3. The van der Waals surface area contributed by atoms with Crippen LogP contribution in [0.3, 0.4) is 0 Å². The Hall–Kier alpha value is -2.08. The molecule has 0 unspecified atom stereocenters. The van der Waals surface area contributed by atoms with E-state index < -0.39 is 0 Å². The molecular formula is C19H28N4O2. The van der Waals surface area contributed by atoms with Crippen molar-refractivity contribution in [3.8, 4) is 0 Å². The minimum atomic E-state index is -0.00782. The Morgan fingerprint density at radius 1 is 1.44 bits per heavy atom. The molecule has 0 saturated carbocycles. The first-order valence-corrected chi connectivity index (χ1v) is 9.11. The molecule has 2 aromatic heterocycles. The fourth-order valence-corrected chi connectivity index (χ4v) is 3.66. The first-order valence-electron chi connectivity index (χ1n) is 9.11. The molecule has 6 heteroatoms. The van der Waals surface area contributed by atoms with E-state index in [2.05, 4.69) is 35.8 Å². The molecule has 1 saturated heterocycles. The molecule has 1 fully saturated rings. The number of aromatic nitrogens is 3. The fourth-order valence-electron chi connectivity index (χ4n) is 3.66. The first kappa shape index (κ1) is 17.7. The molecule has 0 aliphatic carbocycles. The molecule has 1 amide bonds. The molecular weight excluding hydrogens is 316 g/mol. The summed E-state index contributed by atoms with van der Waals surface area (Å²) in [5, 5.41) is 7.44. The Morgan fingerprint density at radius 3 is 2.92 bits per heavy atom. The van der Waals surface area contributed by atoms with Crippen LogP contribution in [0.1, 0.15) is 61.1 Å². The number of carbonyl (C=O) groups excluding carboxylic acids is 1. The molecule has 0 aromatic carbocycles. The molecule has 0 spiro atoms. The van der Waals surface area contributed by atoms with Crippen molar-refractivity contribution in [2.24, 2.45) is 5.92 Å². The Bertz CT molecular complexity index is 732. The maximum Gasteiger partial charge on any atom is 0.253 e. The number of hydrogen-bond donors (Lipinski definition) is 1. The van der Waals surface area contributed by atoms with Gasteiger partial charge < -0.3 is 14.6 Å². The van der Waals surface area contributed by atoms with Crippen molar-refractivity contribution in [2.45, 2.75) is 52.8 Å². The van der Waals surface area contributed by atoms with E-state index in [-0.39, 0.29) is 17.9 Å². The SMILES string of the molecule is CCn1nccc1[C@@H]1OCC[C@H]1CNC(=O)c1ccn(C(C)C)c1C. The van der Waals surface area contributed by atoms with Crippen LogP contribution in [-0.2, 0) is 11.3 Å². The summed E-state index contributed by atoms with van der Waals surface area (Å²) in [6.07, 6.45) is 4.75. The third-order valence-electron chi connectivity index (χ3n) is 5.06. The maximum absolute atomic E-state index is 12.6. The quantitative estimate of drug-likeness (QED) is 0.876. The number of hydrogen-bond acceptors (Lipinski definition) is 3. The smallest absolute Gasteiger partial charge is 0.253 e. The summed E-state index contributed by atoms with van der Waals surface area (Å²) >= 11 is 0. The molecule has 2 atom stereocenters. The second kappa shape index (κ2) is 7.44. The summed E-state index contributed by atoms with van der Waals surface area (Å²) < 4.78 is 10.0. The molecule has 0 bridgehead atoms. The van der Waals surface area contributed by atoms with Crippen LogP contribution in [0.4, 0.5) is 0 Å². The van der Waals surface area contributed by atoms with Crippen molar-refractivity contribution in [2.75, 3.05) is 13.2 Å². The number of amides is 1. The number of aryl methyl sites for hydroxylation is 1. The van der Waals surface area contributed by atoms with E-state index in [1.54, 1.807) is 0 Å². The number of carbonyl (C=O) groups is 1. The third kappa shape index (κ3) is 3.49. The van der Waals surface area contributed by atoms with E-state index in [0.29, 0.717) is 12.6 Å². The summed E-state index contributed by atoms with van der Waals surface area (Å²) in [5.74, 6) is 0.269. The van der Waals surface area contributed by atoms with Gasteiger partial charge in [-0.15, -0.1) is 0 Å². The third-order valence-corrected chi connectivity index (χ3v) is 5.06. The van der Waals surface area contributed by atoms with Gasteiger partial charge >= 0.3 is 0 Å². The zero-order valence-electron chi connectivity index (χ0n) is 15.5. The largest absolute Gasteiger partial charge is 0.372 e. The van der Waals surface area contributed by atoms with Crippen LogP contribution in [0.25, 0.3) is 0 Å². The first-order chi connectivity index (χ1) is 12.0. The predicted octanol–water partition coefficient (Wildman–Crippen LogP) is 3.10. The molecule has 1 aliphatic rings. The van der Waals surface area contributed by atoms with E-state index >= 15 is 0 Å². The summed E-state index contributed by atoms with van der Waals surface area (Å²) in [7, 11) is 0. The molecule has 1 aliphatic heterocycles. The average Bonchev–Trinajstić information content (AvgIpc) is 3.30. The molecule has 1 N–H and O–H groups in total. The van der Waals surface area contributed by atoms with Gasteiger partial charge in [0.05, 0.1) is 11.3 Å². The van der Waals surface area contributed by atoms with Crippen molar-refractivity contribution in [1.29, 1.82) is 0 Å². The maximum atomic E-state index is 12.6. The van der Waals surface area contributed by atoms with E-state index in [0.717, 1.165) is 36.5 Å². The Kier molecular flexibility index (Phi) is 5.27. The van der Waals surface area contributed by atoms with Gasteiger partial charge in [-0.25, -0.2) is 0 Å². The van der Waals surface area contributed by atoms with Gasteiger partial charge in [-0.05, 0) is 46.2 Å². The minimum absolute atomic E-state index is 0.00380. The zero-order valence-corrected chi connectivity index (χ0v) is 15.5. The van der Waals surface area contributed by atoms with E-state index in [1.165, 1.54) is 0 Å². The number of nitrogens with one attached hydrogen (secondary N) is 1. The number of ether oxygens (including phenoxy) is 1. The van der Waals surface area contributed by atoms with Gasteiger partial charge in [-0.3, -0.25) is 9.48 Å². The highest BCUT2D eigenvalue weighted by Gasteiger charge is 2.32. The van der Waals surface area contributed by atoms with Crippen LogP contribution < -0.4 is 5.32 Å². The summed E-state index contributed by atoms with van der Waals surface area (Å²) in [6.45, 7) is 10.5. The Morgan fingerprint density at radius 2 is 2.24 bits per heavy atom. The highest BCUT2D eigenvalue weighted by molar-refractivity contribution is 5.95. The van der Waals surface area contributed by atoms with Gasteiger partial charge in [0.1, 0.15) is 6.10 Å². The summed E-state index contributed by atoms with van der Waals surface area (Å²) in [6, 6.07) is 4.27. The van der Waals surface area contributed by atoms with Crippen LogP contribution >= 0.6 is 0 Å². The van der Waals surface area contributed by atoms with Gasteiger partial charge in [-0.2, -0.15) is 5.10 Å². The van der Waals surface area contributed by atoms with Crippen LogP contribution in [-0.4, -0.2) is 33.4 Å². The van der Waals surface area contributed by atoms with Gasteiger partial charge in [0, 0.05) is 49.7 Å². The van der Waals surface area contributed by atoms with Crippen molar-refractivity contribution in [3.05, 3.63) is 41.5 Å². The lowest BCUT2D eigenvalue weighted by molar-refractivity contribution is 0.0794. The highest BCUT2D eigenvalue weighted by Crippen LogP contribution is 2.34. The van der Waals surface area contributed by atoms with Gasteiger partial charge in [0.25, 0.3) is 5.91 Å². The van der Waals surface area contributed by atoms with Gasteiger partial charge in [0.15, 0.2) is 0 Å². The average molecular weight is 344 g/mol. The van der Waals surface area contributed by atoms with Crippen LogP contribution in [0, 0.1) is 12.8 Å². The lowest BCUT2D eigenvalue weighted by Gasteiger charge is -2.20. The summed E-state index contributed by atoms with van der Waals surface area (Å²) in [4.78, 5) is 12.6. The Labute approximate surface area is 149 Å².